The number of piperazine rings is 1. The van der Waals surface area contributed by atoms with Crippen LogP contribution in [0, 0.1) is 6.92 Å². The number of fused-ring (bicyclic) bond motifs is 1. The lowest BCUT2D eigenvalue weighted by molar-refractivity contribution is 0.101. The van der Waals surface area contributed by atoms with Gasteiger partial charge in [0.2, 0.25) is 0 Å². The second kappa shape index (κ2) is 10.5. The van der Waals surface area contributed by atoms with Crippen molar-refractivity contribution in [1.82, 2.24) is 4.90 Å². The minimum atomic E-state index is -0.459. The number of Topliss-reactive ketones (excluding diaryl/α,β-unsaturated/α-hetero) is 1. The number of unbranched alkanes of at least 4 members (excludes halogenated alkanes) is 1. The van der Waals surface area contributed by atoms with Crippen LogP contribution in [0.4, 0.5) is 5.69 Å². The minimum absolute atomic E-state index is 0.174. The van der Waals surface area contributed by atoms with Crippen LogP contribution in [0.5, 0.6) is 5.75 Å². The van der Waals surface area contributed by atoms with Gasteiger partial charge in [0.1, 0.15) is 11.3 Å². The summed E-state index contributed by atoms with van der Waals surface area (Å²) in [5, 5.41) is 0.758. The second-order valence-electron chi connectivity index (χ2n) is 8.46. The zero-order chi connectivity index (χ0) is 23.4. The van der Waals surface area contributed by atoms with Gasteiger partial charge in [-0.15, -0.1) is 0 Å². The van der Waals surface area contributed by atoms with Gasteiger partial charge in [0.15, 0.2) is 11.4 Å². The molecular formula is C26H29BrN2O4. The molecule has 3 aromatic rings. The number of nitrogens with zero attached hydrogens (tertiary/aromatic N) is 2. The number of rotatable bonds is 8. The molecule has 1 fully saturated rings. The number of halogens is 1. The van der Waals surface area contributed by atoms with Gasteiger partial charge in [-0.3, -0.25) is 9.69 Å². The predicted molar refractivity (Wildman–Crippen MR) is 135 cm³/mol. The summed E-state index contributed by atoms with van der Waals surface area (Å²) in [6.07, 6.45) is 1.91. The highest BCUT2D eigenvalue weighted by Gasteiger charge is 2.19. The van der Waals surface area contributed by atoms with Crippen LogP contribution in [-0.2, 0) is 0 Å². The van der Waals surface area contributed by atoms with Crippen LogP contribution in [0.15, 0.2) is 56.1 Å². The molecule has 1 aromatic heterocycles. The van der Waals surface area contributed by atoms with E-state index >= 15 is 0 Å². The van der Waals surface area contributed by atoms with Crippen LogP contribution >= 0.6 is 15.9 Å². The summed E-state index contributed by atoms with van der Waals surface area (Å²) in [6, 6.07) is 13.4. The number of hydrogen-bond acceptors (Lipinski definition) is 6. The van der Waals surface area contributed by atoms with Gasteiger partial charge in [-0.05, 0) is 79.0 Å². The van der Waals surface area contributed by atoms with Crippen molar-refractivity contribution in [3.05, 3.63) is 68.5 Å². The van der Waals surface area contributed by atoms with Crippen LogP contribution in [0.2, 0.25) is 0 Å². The Morgan fingerprint density at radius 2 is 1.85 bits per heavy atom. The molecule has 2 heterocycles. The van der Waals surface area contributed by atoms with Crippen LogP contribution in [-0.4, -0.2) is 50.0 Å². The Hall–Kier alpha value is -2.64. The molecule has 0 saturated carbocycles. The van der Waals surface area contributed by atoms with E-state index in [0.717, 1.165) is 61.0 Å². The Balaban J connectivity index is 1.28. The van der Waals surface area contributed by atoms with E-state index in [2.05, 4.69) is 43.9 Å². The summed E-state index contributed by atoms with van der Waals surface area (Å²) in [5.41, 5.74) is 2.24. The van der Waals surface area contributed by atoms with E-state index in [1.807, 2.05) is 19.1 Å². The maximum absolute atomic E-state index is 12.3. The molecule has 0 N–H and O–H groups in total. The minimum Gasteiger partial charge on any atom is -0.493 e. The third-order valence-corrected chi connectivity index (χ3v) is 6.80. The maximum Gasteiger partial charge on any atom is 0.336 e. The fraction of sp³-hybridized carbons (Fsp3) is 0.385. The molecule has 2 aromatic carbocycles. The summed E-state index contributed by atoms with van der Waals surface area (Å²) < 4.78 is 12.5. The van der Waals surface area contributed by atoms with E-state index in [0.29, 0.717) is 23.5 Å². The zero-order valence-electron chi connectivity index (χ0n) is 19.1. The summed E-state index contributed by atoms with van der Waals surface area (Å²) in [5.74, 6) is 0.304. The first-order chi connectivity index (χ1) is 15.9. The van der Waals surface area contributed by atoms with Gasteiger partial charge in [0, 0.05) is 42.1 Å². The maximum atomic E-state index is 12.3. The third-order valence-electron chi connectivity index (χ3n) is 6.13. The van der Waals surface area contributed by atoms with Crippen LogP contribution in [0.1, 0.15) is 35.7 Å². The van der Waals surface area contributed by atoms with Crippen molar-refractivity contribution >= 4 is 38.4 Å². The smallest absolute Gasteiger partial charge is 0.336 e. The van der Waals surface area contributed by atoms with Gasteiger partial charge in [-0.25, -0.2) is 4.79 Å². The van der Waals surface area contributed by atoms with E-state index in [1.54, 1.807) is 6.07 Å². The van der Waals surface area contributed by atoms with Gasteiger partial charge < -0.3 is 14.1 Å². The molecule has 33 heavy (non-hydrogen) atoms. The number of carbonyl (C=O) groups excluding carboxylic acids is 1. The molecule has 1 aliphatic rings. The largest absolute Gasteiger partial charge is 0.493 e. The third kappa shape index (κ3) is 5.47. The predicted octanol–water partition coefficient (Wildman–Crippen LogP) is 5.05. The quantitative estimate of drug-likeness (QED) is 0.239. The Bertz CT molecular complexity index is 1200. The second-order valence-corrected chi connectivity index (χ2v) is 9.31. The van der Waals surface area contributed by atoms with Crippen molar-refractivity contribution in [1.29, 1.82) is 0 Å². The number of ketones is 1. The monoisotopic (exact) mass is 512 g/mol. The number of hydrogen-bond donors (Lipinski definition) is 0. The molecule has 0 amide bonds. The lowest BCUT2D eigenvalue weighted by Gasteiger charge is -2.36. The van der Waals surface area contributed by atoms with Crippen LogP contribution in [0.25, 0.3) is 11.0 Å². The van der Waals surface area contributed by atoms with Crippen LogP contribution in [0.3, 0.4) is 0 Å². The average Bonchev–Trinajstić information content (AvgIpc) is 2.79. The highest BCUT2D eigenvalue weighted by Crippen LogP contribution is 2.30. The fourth-order valence-corrected chi connectivity index (χ4v) is 4.90. The van der Waals surface area contributed by atoms with E-state index < -0.39 is 5.63 Å². The van der Waals surface area contributed by atoms with Crippen molar-refractivity contribution in [3.8, 4) is 5.75 Å². The van der Waals surface area contributed by atoms with Crippen molar-refractivity contribution in [2.75, 3.05) is 44.2 Å². The van der Waals surface area contributed by atoms with Gasteiger partial charge in [0.05, 0.1) is 12.3 Å². The number of para-hydroxylation sites is 1. The molecule has 0 unspecified atom stereocenters. The molecular weight excluding hydrogens is 484 g/mol. The molecule has 0 spiro atoms. The van der Waals surface area contributed by atoms with E-state index in [-0.39, 0.29) is 5.78 Å². The number of benzene rings is 2. The van der Waals surface area contributed by atoms with E-state index in [9.17, 15) is 9.59 Å². The van der Waals surface area contributed by atoms with Crippen molar-refractivity contribution in [2.45, 2.75) is 26.7 Å². The van der Waals surface area contributed by atoms with Gasteiger partial charge >= 0.3 is 5.63 Å². The van der Waals surface area contributed by atoms with E-state index in [4.69, 9.17) is 9.15 Å². The zero-order valence-corrected chi connectivity index (χ0v) is 20.7. The summed E-state index contributed by atoms with van der Waals surface area (Å²) in [4.78, 5) is 29.0. The number of anilines is 1. The molecule has 1 saturated heterocycles. The summed E-state index contributed by atoms with van der Waals surface area (Å²) in [6.45, 7) is 8.96. The lowest BCUT2D eigenvalue weighted by atomic mass is 10.0. The van der Waals surface area contributed by atoms with Crippen LogP contribution < -0.4 is 15.3 Å². The molecule has 1 aliphatic heterocycles. The average molecular weight is 513 g/mol. The van der Waals surface area contributed by atoms with E-state index in [1.165, 1.54) is 18.7 Å². The van der Waals surface area contributed by atoms with Gasteiger partial charge in [0.25, 0.3) is 0 Å². The highest BCUT2D eigenvalue weighted by atomic mass is 79.9. The first kappa shape index (κ1) is 23.5. The molecule has 0 radical (unpaired) electrons. The fourth-order valence-electron chi connectivity index (χ4n) is 4.36. The van der Waals surface area contributed by atoms with Crippen molar-refractivity contribution < 1.29 is 13.9 Å². The molecule has 0 bridgehead atoms. The van der Waals surface area contributed by atoms with Gasteiger partial charge in [-0.1, -0.05) is 12.1 Å². The Labute approximate surface area is 202 Å². The first-order valence-electron chi connectivity index (χ1n) is 11.4. The molecule has 6 nitrogen and oxygen atoms in total. The van der Waals surface area contributed by atoms with Crippen molar-refractivity contribution in [3.63, 3.8) is 0 Å². The van der Waals surface area contributed by atoms with Crippen molar-refractivity contribution in [2.24, 2.45) is 0 Å². The molecule has 174 valence electrons. The molecule has 0 aliphatic carbocycles. The Kier molecular flexibility index (Phi) is 7.50. The lowest BCUT2D eigenvalue weighted by Crippen LogP contribution is -2.46. The summed E-state index contributed by atoms with van der Waals surface area (Å²) >= 11 is 3.65. The SMILES string of the molecule is CC(=O)c1c(OCCCCN2CCN(c3ccccc3Br)CC2)ccc2c(C)cc(=O)oc12. The Morgan fingerprint density at radius 1 is 1.09 bits per heavy atom. The number of ether oxygens (including phenoxy) is 1. The molecule has 7 heteroatoms. The first-order valence-corrected chi connectivity index (χ1v) is 12.2. The number of aryl methyl sites for hydroxylation is 1. The highest BCUT2D eigenvalue weighted by molar-refractivity contribution is 9.10. The summed E-state index contributed by atoms with van der Waals surface area (Å²) in [7, 11) is 0. The topological polar surface area (TPSA) is 63.0 Å². The number of carbonyl (C=O) groups is 1. The standard InChI is InChI=1S/C26H29BrN2O4/c1-18-17-24(31)33-26-20(18)9-10-23(25(26)19(2)30)32-16-6-5-11-28-12-14-29(15-13-28)22-8-4-3-7-21(22)27/h3-4,7-10,17H,5-6,11-16H2,1-2H3. The Morgan fingerprint density at radius 3 is 2.58 bits per heavy atom. The molecule has 4 rings (SSSR count). The van der Waals surface area contributed by atoms with Gasteiger partial charge in [-0.2, -0.15) is 0 Å². The molecule has 0 atom stereocenters. The normalized spacial score (nSPS) is 14.6.